The van der Waals surface area contributed by atoms with E-state index in [1.165, 1.54) is 24.3 Å². The third-order valence-corrected chi connectivity index (χ3v) is 4.01. The van der Waals surface area contributed by atoms with E-state index >= 15 is 0 Å². The lowest BCUT2D eigenvalue weighted by molar-refractivity contribution is -0.148. The molecule has 1 aromatic heterocycles. The molecule has 0 aliphatic carbocycles. The lowest BCUT2D eigenvalue weighted by atomic mass is 10.2. The Morgan fingerprint density at radius 2 is 1.80 bits per heavy atom. The van der Waals surface area contributed by atoms with Gasteiger partial charge in [-0.15, -0.1) is 10.2 Å². The van der Waals surface area contributed by atoms with E-state index in [0.717, 1.165) is 0 Å². The van der Waals surface area contributed by atoms with E-state index < -0.39 is 18.0 Å². The molecule has 1 atom stereocenters. The van der Waals surface area contributed by atoms with Crippen LogP contribution in [0.15, 0.2) is 52.9 Å². The van der Waals surface area contributed by atoms with Gasteiger partial charge in [0.15, 0.2) is 6.10 Å². The first-order chi connectivity index (χ1) is 14.5. The van der Waals surface area contributed by atoms with Crippen molar-refractivity contribution < 1.29 is 27.9 Å². The Bertz CT molecular complexity index is 1000. The van der Waals surface area contributed by atoms with Crippen LogP contribution in [0.1, 0.15) is 36.2 Å². The Kier molecular flexibility index (Phi) is 6.74. The van der Waals surface area contributed by atoms with E-state index in [2.05, 4.69) is 15.5 Å². The van der Waals surface area contributed by atoms with Gasteiger partial charge in [-0.2, -0.15) is 0 Å². The van der Waals surface area contributed by atoms with Gasteiger partial charge in [0.25, 0.3) is 11.8 Å². The summed E-state index contributed by atoms with van der Waals surface area (Å²) >= 11 is 0. The molecule has 3 aromatic rings. The molecule has 30 heavy (non-hydrogen) atoms. The van der Waals surface area contributed by atoms with Crippen molar-refractivity contribution >= 4 is 11.9 Å². The number of rotatable bonds is 8. The second-order valence-corrected chi connectivity index (χ2v) is 6.22. The van der Waals surface area contributed by atoms with Crippen LogP contribution in [-0.4, -0.2) is 35.2 Å². The number of amides is 1. The SMILES string of the molecule is CCOc1ccc(C(=O)NCC(=O)O[C@H](C)c2nnc(-c3ccc(F)cc3)o2)cc1. The first kappa shape index (κ1) is 21.0. The molecule has 3 rings (SSSR count). The highest BCUT2D eigenvalue weighted by Gasteiger charge is 2.19. The van der Waals surface area contributed by atoms with Crippen LogP contribution >= 0.6 is 0 Å². The molecule has 9 heteroatoms. The zero-order valence-electron chi connectivity index (χ0n) is 16.4. The summed E-state index contributed by atoms with van der Waals surface area (Å²) in [4.78, 5) is 24.2. The first-order valence-electron chi connectivity index (χ1n) is 9.26. The van der Waals surface area contributed by atoms with Crippen molar-refractivity contribution in [3.05, 3.63) is 65.8 Å². The van der Waals surface area contributed by atoms with Crippen molar-refractivity contribution in [1.29, 1.82) is 0 Å². The van der Waals surface area contributed by atoms with Gasteiger partial charge in [-0.1, -0.05) is 0 Å². The number of benzene rings is 2. The van der Waals surface area contributed by atoms with E-state index in [4.69, 9.17) is 13.9 Å². The number of carbonyl (C=O) groups is 2. The summed E-state index contributed by atoms with van der Waals surface area (Å²) in [6, 6.07) is 12.1. The van der Waals surface area contributed by atoms with Crippen LogP contribution in [0.3, 0.4) is 0 Å². The maximum absolute atomic E-state index is 13.0. The van der Waals surface area contributed by atoms with Crippen molar-refractivity contribution in [2.75, 3.05) is 13.2 Å². The van der Waals surface area contributed by atoms with Crippen LogP contribution in [-0.2, 0) is 9.53 Å². The molecule has 0 fully saturated rings. The monoisotopic (exact) mass is 413 g/mol. The van der Waals surface area contributed by atoms with Gasteiger partial charge in [0.2, 0.25) is 5.89 Å². The molecule has 0 bridgehead atoms. The zero-order chi connectivity index (χ0) is 21.5. The zero-order valence-corrected chi connectivity index (χ0v) is 16.4. The fourth-order valence-electron chi connectivity index (χ4n) is 2.52. The number of hydrogen-bond donors (Lipinski definition) is 1. The van der Waals surface area contributed by atoms with Gasteiger partial charge in [-0.25, -0.2) is 4.39 Å². The maximum Gasteiger partial charge on any atom is 0.326 e. The average Bonchev–Trinajstić information content (AvgIpc) is 3.24. The van der Waals surface area contributed by atoms with Crippen LogP contribution in [0.25, 0.3) is 11.5 Å². The highest BCUT2D eigenvalue weighted by molar-refractivity contribution is 5.96. The summed E-state index contributed by atoms with van der Waals surface area (Å²) in [5.41, 5.74) is 0.927. The fraction of sp³-hybridized carbons (Fsp3) is 0.238. The Morgan fingerprint density at radius 3 is 2.47 bits per heavy atom. The normalized spacial score (nSPS) is 11.6. The summed E-state index contributed by atoms with van der Waals surface area (Å²) in [5.74, 6) is -0.547. The summed E-state index contributed by atoms with van der Waals surface area (Å²) in [7, 11) is 0. The minimum atomic E-state index is -0.818. The molecule has 1 N–H and O–H groups in total. The van der Waals surface area contributed by atoms with Crippen LogP contribution in [0, 0.1) is 5.82 Å². The summed E-state index contributed by atoms with van der Waals surface area (Å²) in [6.07, 6.45) is -0.818. The second kappa shape index (κ2) is 9.64. The highest BCUT2D eigenvalue weighted by atomic mass is 19.1. The number of carbonyl (C=O) groups excluding carboxylic acids is 2. The minimum absolute atomic E-state index is 0.0838. The first-order valence-corrected chi connectivity index (χ1v) is 9.26. The Balaban J connectivity index is 1.51. The third kappa shape index (κ3) is 5.40. The van der Waals surface area contributed by atoms with Gasteiger partial charge >= 0.3 is 5.97 Å². The second-order valence-electron chi connectivity index (χ2n) is 6.22. The topological polar surface area (TPSA) is 104 Å². The lowest BCUT2D eigenvalue weighted by Gasteiger charge is -2.10. The molecule has 0 radical (unpaired) electrons. The van der Waals surface area contributed by atoms with Gasteiger partial charge in [0.05, 0.1) is 6.61 Å². The smallest absolute Gasteiger partial charge is 0.326 e. The number of nitrogens with zero attached hydrogens (tertiary/aromatic N) is 2. The predicted octanol–water partition coefficient (Wildman–Crippen LogP) is 3.31. The van der Waals surface area contributed by atoms with Gasteiger partial charge in [0, 0.05) is 11.1 Å². The van der Waals surface area contributed by atoms with Crippen molar-refractivity contribution in [3.63, 3.8) is 0 Å². The van der Waals surface area contributed by atoms with E-state index in [9.17, 15) is 14.0 Å². The standard InChI is InChI=1S/C21H20FN3O5/c1-3-28-17-10-6-14(7-11-17)19(27)23-12-18(26)29-13(2)20-24-25-21(30-20)15-4-8-16(22)9-5-15/h4-11,13H,3,12H2,1-2H3,(H,23,27)/t13-/m1/s1. The molecule has 0 spiro atoms. The number of esters is 1. The number of nitrogens with one attached hydrogen (secondary N) is 1. The van der Waals surface area contributed by atoms with Gasteiger partial charge < -0.3 is 19.2 Å². The molecular formula is C21H20FN3O5. The van der Waals surface area contributed by atoms with Crippen molar-refractivity contribution in [2.24, 2.45) is 0 Å². The van der Waals surface area contributed by atoms with Gasteiger partial charge in [0.1, 0.15) is 18.1 Å². The molecule has 0 saturated carbocycles. The largest absolute Gasteiger partial charge is 0.494 e. The van der Waals surface area contributed by atoms with Gasteiger partial charge in [-0.05, 0) is 62.4 Å². The van der Waals surface area contributed by atoms with E-state index in [1.54, 1.807) is 31.2 Å². The molecule has 156 valence electrons. The Hall–Kier alpha value is -3.75. The molecule has 0 saturated heterocycles. The maximum atomic E-state index is 13.0. The quantitative estimate of drug-likeness (QED) is 0.565. The summed E-state index contributed by atoms with van der Waals surface area (Å²) in [5, 5.41) is 10.2. The fourth-order valence-corrected chi connectivity index (χ4v) is 2.52. The van der Waals surface area contributed by atoms with E-state index in [-0.39, 0.29) is 24.1 Å². The molecule has 2 aromatic carbocycles. The van der Waals surface area contributed by atoms with E-state index in [0.29, 0.717) is 23.5 Å². The number of halogens is 1. The van der Waals surface area contributed by atoms with E-state index in [1.807, 2.05) is 6.92 Å². The van der Waals surface area contributed by atoms with Gasteiger partial charge in [-0.3, -0.25) is 9.59 Å². The lowest BCUT2D eigenvalue weighted by Crippen LogP contribution is -2.31. The number of ether oxygens (including phenoxy) is 2. The Morgan fingerprint density at radius 1 is 1.10 bits per heavy atom. The minimum Gasteiger partial charge on any atom is -0.494 e. The van der Waals surface area contributed by atoms with Crippen LogP contribution in [0.2, 0.25) is 0 Å². The van der Waals surface area contributed by atoms with Crippen LogP contribution in [0.5, 0.6) is 5.75 Å². The third-order valence-electron chi connectivity index (χ3n) is 4.01. The molecular weight excluding hydrogens is 393 g/mol. The number of hydrogen-bond acceptors (Lipinski definition) is 7. The molecule has 1 heterocycles. The Labute approximate surface area is 172 Å². The predicted molar refractivity (Wildman–Crippen MR) is 104 cm³/mol. The molecule has 8 nitrogen and oxygen atoms in total. The highest BCUT2D eigenvalue weighted by Crippen LogP contribution is 2.22. The molecule has 1 amide bonds. The van der Waals surface area contributed by atoms with Crippen molar-refractivity contribution in [1.82, 2.24) is 15.5 Å². The molecule has 0 aliphatic heterocycles. The van der Waals surface area contributed by atoms with Crippen LogP contribution in [0.4, 0.5) is 4.39 Å². The van der Waals surface area contributed by atoms with Crippen molar-refractivity contribution in [3.8, 4) is 17.2 Å². The number of aromatic nitrogens is 2. The molecule has 0 aliphatic rings. The van der Waals surface area contributed by atoms with Crippen molar-refractivity contribution in [2.45, 2.75) is 20.0 Å². The molecule has 0 unspecified atom stereocenters. The average molecular weight is 413 g/mol. The van der Waals surface area contributed by atoms with Crippen LogP contribution < -0.4 is 10.1 Å². The summed E-state index contributed by atoms with van der Waals surface area (Å²) in [6.45, 7) is 3.63. The summed E-state index contributed by atoms with van der Waals surface area (Å²) < 4.78 is 29.0.